The molecule has 1 aromatic carbocycles. The molecular formula is C24H28N4O2. The molecule has 2 aromatic heterocycles. The molecule has 6 nitrogen and oxygen atoms in total. The number of ether oxygens (including phenoxy) is 1. The zero-order chi connectivity index (χ0) is 20.6. The van der Waals surface area contributed by atoms with Crippen LogP contribution in [0.3, 0.4) is 0 Å². The van der Waals surface area contributed by atoms with Crippen molar-refractivity contribution < 1.29 is 9.53 Å². The third-order valence-corrected chi connectivity index (χ3v) is 5.53. The molecule has 1 N–H and O–H groups in total. The molecule has 1 aliphatic carbocycles. The molecule has 2 heterocycles. The maximum Gasteiger partial charge on any atom is 0.225 e. The van der Waals surface area contributed by atoms with Gasteiger partial charge in [0.25, 0.3) is 0 Å². The fraction of sp³-hybridized carbons (Fsp3) is 0.375. The molecule has 0 aliphatic heterocycles. The topological polar surface area (TPSA) is 69.0 Å². The van der Waals surface area contributed by atoms with Gasteiger partial charge >= 0.3 is 0 Å². The number of pyridine rings is 1. The SMILES string of the molecule is O=C(CCc1cnn(-c2ccccc2)c1)Nc1ncccc1OCC1CCCCC1. The van der Waals surface area contributed by atoms with Gasteiger partial charge in [0, 0.05) is 18.8 Å². The molecule has 0 bridgehead atoms. The maximum absolute atomic E-state index is 12.5. The summed E-state index contributed by atoms with van der Waals surface area (Å²) in [6, 6.07) is 13.6. The van der Waals surface area contributed by atoms with Crippen LogP contribution in [0.4, 0.5) is 5.82 Å². The number of aromatic nitrogens is 3. The van der Waals surface area contributed by atoms with E-state index in [0.717, 1.165) is 11.3 Å². The van der Waals surface area contributed by atoms with Crippen molar-refractivity contribution in [2.45, 2.75) is 44.9 Å². The van der Waals surface area contributed by atoms with Gasteiger partial charge < -0.3 is 10.1 Å². The highest BCUT2D eigenvalue weighted by Crippen LogP contribution is 2.27. The second-order valence-corrected chi connectivity index (χ2v) is 7.84. The minimum absolute atomic E-state index is 0.0799. The summed E-state index contributed by atoms with van der Waals surface area (Å²) >= 11 is 0. The molecule has 0 radical (unpaired) electrons. The van der Waals surface area contributed by atoms with Crippen molar-refractivity contribution in [3.63, 3.8) is 0 Å². The molecule has 4 rings (SSSR count). The van der Waals surface area contributed by atoms with Crippen LogP contribution >= 0.6 is 0 Å². The van der Waals surface area contributed by atoms with Crippen LogP contribution in [0.2, 0.25) is 0 Å². The van der Waals surface area contributed by atoms with Gasteiger partial charge in [-0.2, -0.15) is 5.10 Å². The lowest BCUT2D eigenvalue weighted by molar-refractivity contribution is -0.116. The van der Waals surface area contributed by atoms with E-state index >= 15 is 0 Å². The molecule has 1 saturated carbocycles. The Labute approximate surface area is 177 Å². The largest absolute Gasteiger partial charge is 0.489 e. The molecule has 156 valence electrons. The van der Waals surface area contributed by atoms with Crippen molar-refractivity contribution >= 4 is 11.7 Å². The van der Waals surface area contributed by atoms with E-state index in [1.165, 1.54) is 32.1 Å². The lowest BCUT2D eigenvalue weighted by Gasteiger charge is -2.22. The van der Waals surface area contributed by atoms with Gasteiger partial charge in [0.15, 0.2) is 11.6 Å². The highest BCUT2D eigenvalue weighted by atomic mass is 16.5. The van der Waals surface area contributed by atoms with Crippen molar-refractivity contribution in [2.75, 3.05) is 11.9 Å². The third kappa shape index (κ3) is 5.47. The number of benzene rings is 1. The van der Waals surface area contributed by atoms with Crippen molar-refractivity contribution in [1.82, 2.24) is 14.8 Å². The minimum atomic E-state index is -0.0799. The van der Waals surface area contributed by atoms with E-state index in [4.69, 9.17) is 4.74 Å². The van der Waals surface area contributed by atoms with Gasteiger partial charge in [-0.3, -0.25) is 4.79 Å². The van der Waals surface area contributed by atoms with Gasteiger partial charge in [-0.1, -0.05) is 37.5 Å². The summed E-state index contributed by atoms with van der Waals surface area (Å²) in [5, 5.41) is 7.29. The molecule has 0 saturated heterocycles. The third-order valence-electron chi connectivity index (χ3n) is 5.53. The van der Waals surface area contributed by atoms with Crippen LogP contribution in [-0.2, 0) is 11.2 Å². The van der Waals surface area contributed by atoms with Crippen LogP contribution in [0.25, 0.3) is 5.69 Å². The van der Waals surface area contributed by atoms with Crippen LogP contribution in [0.1, 0.15) is 44.1 Å². The molecule has 6 heteroatoms. The van der Waals surface area contributed by atoms with Crippen LogP contribution in [0.15, 0.2) is 61.1 Å². The number of anilines is 1. The Morgan fingerprint density at radius 3 is 2.77 bits per heavy atom. The number of hydrogen-bond donors (Lipinski definition) is 1. The van der Waals surface area contributed by atoms with Crippen molar-refractivity contribution in [2.24, 2.45) is 5.92 Å². The summed E-state index contributed by atoms with van der Waals surface area (Å²) in [7, 11) is 0. The highest BCUT2D eigenvalue weighted by molar-refractivity contribution is 5.91. The Hall–Kier alpha value is -3.15. The standard InChI is InChI=1S/C24H28N4O2/c29-23(14-13-20-16-26-28(17-20)21-10-5-2-6-11-21)27-24-22(12-7-15-25-24)30-18-19-8-3-1-4-9-19/h2,5-7,10-12,15-17,19H,1,3-4,8-9,13-14,18H2,(H,25,27,29). The first-order valence-corrected chi connectivity index (χ1v) is 10.7. The van der Waals surface area contributed by atoms with E-state index in [2.05, 4.69) is 15.4 Å². The maximum atomic E-state index is 12.5. The summed E-state index contributed by atoms with van der Waals surface area (Å²) in [6.07, 6.45) is 12.8. The van der Waals surface area contributed by atoms with Crippen LogP contribution in [-0.4, -0.2) is 27.3 Å². The summed E-state index contributed by atoms with van der Waals surface area (Å²) in [6.45, 7) is 0.688. The molecule has 30 heavy (non-hydrogen) atoms. The molecule has 1 fully saturated rings. The summed E-state index contributed by atoms with van der Waals surface area (Å²) in [5.74, 6) is 1.67. The fourth-order valence-corrected chi connectivity index (χ4v) is 3.83. The van der Waals surface area contributed by atoms with Crippen molar-refractivity contribution in [1.29, 1.82) is 0 Å². The fourth-order valence-electron chi connectivity index (χ4n) is 3.83. The van der Waals surface area contributed by atoms with E-state index in [1.807, 2.05) is 53.3 Å². The molecule has 0 atom stereocenters. The van der Waals surface area contributed by atoms with E-state index in [0.29, 0.717) is 36.9 Å². The number of nitrogens with zero attached hydrogens (tertiary/aromatic N) is 3. The van der Waals surface area contributed by atoms with E-state index in [-0.39, 0.29) is 5.91 Å². The number of rotatable bonds is 8. The Morgan fingerprint density at radius 2 is 1.93 bits per heavy atom. The smallest absolute Gasteiger partial charge is 0.225 e. The number of para-hydroxylation sites is 1. The molecule has 1 amide bonds. The summed E-state index contributed by atoms with van der Waals surface area (Å²) in [5.41, 5.74) is 2.02. The minimum Gasteiger partial charge on any atom is -0.489 e. The van der Waals surface area contributed by atoms with Crippen molar-refractivity contribution in [3.8, 4) is 11.4 Å². The zero-order valence-electron chi connectivity index (χ0n) is 17.2. The number of aryl methyl sites for hydroxylation is 1. The predicted octanol–water partition coefficient (Wildman–Crippen LogP) is 4.80. The summed E-state index contributed by atoms with van der Waals surface area (Å²) in [4.78, 5) is 16.8. The van der Waals surface area contributed by atoms with Gasteiger partial charge in [-0.15, -0.1) is 0 Å². The second-order valence-electron chi connectivity index (χ2n) is 7.84. The van der Waals surface area contributed by atoms with Gasteiger partial charge in [0.05, 0.1) is 18.5 Å². The molecule has 3 aromatic rings. The predicted molar refractivity (Wildman–Crippen MR) is 117 cm³/mol. The number of nitrogens with one attached hydrogen (secondary N) is 1. The number of carbonyl (C=O) groups is 1. The van der Waals surface area contributed by atoms with Gasteiger partial charge in [-0.25, -0.2) is 9.67 Å². The van der Waals surface area contributed by atoms with Crippen molar-refractivity contribution in [3.05, 3.63) is 66.6 Å². The summed E-state index contributed by atoms with van der Waals surface area (Å²) < 4.78 is 7.82. The second kappa shape index (κ2) is 10.1. The Kier molecular flexibility index (Phi) is 6.75. The average Bonchev–Trinajstić information content (AvgIpc) is 3.28. The number of carbonyl (C=O) groups excluding carboxylic acids is 1. The Balaban J connectivity index is 1.29. The number of hydrogen-bond acceptors (Lipinski definition) is 4. The Morgan fingerprint density at radius 1 is 1.10 bits per heavy atom. The van der Waals surface area contributed by atoms with Gasteiger partial charge in [-0.05, 0) is 55.0 Å². The van der Waals surface area contributed by atoms with Gasteiger partial charge in [0.2, 0.25) is 5.91 Å². The molecular weight excluding hydrogens is 376 g/mol. The molecule has 0 unspecified atom stereocenters. The first-order valence-electron chi connectivity index (χ1n) is 10.7. The first kappa shape index (κ1) is 20.1. The van der Waals surface area contributed by atoms with E-state index < -0.39 is 0 Å². The van der Waals surface area contributed by atoms with E-state index in [9.17, 15) is 4.79 Å². The molecule has 1 aliphatic rings. The lowest BCUT2D eigenvalue weighted by atomic mass is 9.90. The normalized spacial score (nSPS) is 14.4. The van der Waals surface area contributed by atoms with E-state index in [1.54, 1.807) is 12.4 Å². The van der Waals surface area contributed by atoms with Crippen LogP contribution in [0, 0.1) is 5.92 Å². The average molecular weight is 405 g/mol. The lowest BCUT2D eigenvalue weighted by Crippen LogP contribution is -2.18. The zero-order valence-corrected chi connectivity index (χ0v) is 17.2. The highest BCUT2D eigenvalue weighted by Gasteiger charge is 2.16. The number of amides is 1. The van der Waals surface area contributed by atoms with Crippen LogP contribution in [0.5, 0.6) is 5.75 Å². The molecule has 0 spiro atoms. The first-order chi connectivity index (χ1) is 14.8. The quantitative estimate of drug-likeness (QED) is 0.586. The van der Waals surface area contributed by atoms with Gasteiger partial charge in [0.1, 0.15) is 0 Å². The van der Waals surface area contributed by atoms with Crippen LogP contribution < -0.4 is 10.1 Å². The Bertz CT molecular complexity index is 949. The monoisotopic (exact) mass is 404 g/mol.